The van der Waals surface area contributed by atoms with Crippen LogP contribution < -0.4 is 0 Å². The fourth-order valence-electron chi connectivity index (χ4n) is 4.57. The summed E-state index contributed by atoms with van der Waals surface area (Å²) in [4.78, 5) is 26.2. The zero-order valence-electron chi connectivity index (χ0n) is 18.2. The average molecular weight is 406 g/mol. The molecule has 1 amide bonds. The summed E-state index contributed by atoms with van der Waals surface area (Å²) in [5.74, 6) is -0.261. The van der Waals surface area contributed by atoms with Gasteiger partial charge < -0.3 is 14.6 Å². The number of quaternary nitrogens is 1. The molecule has 1 atom stereocenters. The van der Waals surface area contributed by atoms with E-state index in [2.05, 4.69) is 4.90 Å². The molecule has 0 bridgehead atoms. The van der Waals surface area contributed by atoms with Crippen molar-refractivity contribution in [1.29, 1.82) is 0 Å². The lowest BCUT2D eigenvalue weighted by molar-refractivity contribution is -0.907. The van der Waals surface area contributed by atoms with Gasteiger partial charge in [-0.05, 0) is 51.8 Å². The molecule has 1 aromatic carbocycles. The molecule has 1 saturated heterocycles. The summed E-state index contributed by atoms with van der Waals surface area (Å²) in [6.07, 6.45) is -0.877. The van der Waals surface area contributed by atoms with Crippen LogP contribution in [0.3, 0.4) is 0 Å². The number of benzene rings is 1. The number of nitrogens with zero attached hydrogens (tertiary/aromatic N) is 2. The van der Waals surface area contributed by atoms with Crippen LogP contribution in [0.25, 0.3) is 0 Å². The van der Waals surface area contributed by atoms with Gasteiger partial charge in [-0.1, -0.05) is 6.07 Å². The highest BCUT2D eigenvalue weighted by molar-refractivity contribution is 5.93. The average Bonchev–Trinajstić information content (AvgIpc) is 3.03. The van der Waals surface area contributed by atoms with Crippen LogP contribution in [0.5, 0.6) is 0 Å². The van der Waals surface area contributed by atoms with E-state index in [1.165, 1.54) is 0 Å². The Morgan fingerprint density at radius 2 is 1.97 bits per heavy atom. The molecule has 1 fully saturated rings. The van der Waals surface area contributed by atoms with E-state index in [1.807, 2.05) is 46.8 Å². The lowest BCUT2D eigenvalue weighted by atomic mass is 9.94. The second-order valence-corrected chi connectivity index (χ2v) is 9.00. The van der Waals surface area contributed by atoms with Crippen LogP contribution in [-0.2, 0) is 16.1 Å². The van der Waals surface area contributed by atoms with Crippen LogP contribution in [0.1, 0.15) is 60.8 Å². The molecule has 2 heterocycles. The number of carboxylic acid groups (broad SMARTS) is 1. The van der Waals surface area contributed by atoms with Crippen molar-refractivity contribution in [3.05, 3.63) is 34.4 Å². The van der Waals surface area contributed by atoms with E-state index >= 15 is 0 Å². The van der Waals surface area contributed by atoms with Crippen LogP contribution >= 0.6 is 0 Å². The second-order valence-electron chi connectivity index (χ2n) is 9.00. The highest BCUT2D eigenvalue weighted by Crippen LogP contribution is 2.32. The number of carbonyl (C=O) groups excluding carboxylic acids is 1. The smallest absolute Gasteiger partial charge is 0.457 e. The Bertz CT molecular complexity index is 791. The summed E-state index contributed by atoms with van der Waals surface area (Å²) in [7, 11) is 0. The Morgan fingerprint density at radius 1 is 1.31 bits per heavy atom. The minimum atomic E-state index is -0.752. The standard InChI is InChI=1S/C22H32N2O5/c1-6-28-19(16-7-8-17-18(15(16)2)14-29-20(17)25)13-23-9-11-24(12-10-23,21(26)27)22(3,4)5/h7-8,19H,6,9-14H2,1-5H3/p+1. The minimum Gasteiger partial charge on any atom is -0.457 e. The van der Waals surface area contributed by atoms with E-state index < -0.39 is 6.09 Å². The lowest BCUT2D eigenvalue weighted by Gasteiger charge is -2.48. The maximum absolute atomic E-state index is 12.0. The van der Waals surface area contributed by atoms with Crippen molar-refractivity contribution in [2.24, 2.45) is 0 Å². The van der Waals surface area contributed by atoms with Crippen molar-refractivity contribution in [3.63, 3.8) is 0 Å². The molecule has 1 N–H and O–H groups in total. The third kappa shape index (κ3) is 3.91. The first-order chi connectivity index (χ1) is 13.6. The van der Waals surface area contributed by atoms with Crippen molar-refractivity contribution < 1.29 is 28.7 Å². The molecule has 0 radical (unpaired) electrons. The predicted molar refractivity (Wildman–Crippen MR) is 109 cm³/mol. The van der Waals surface area contributed by atoms with Crippen molar-refractivity contribution in [1.82, 2.24) is 4.90 Å². The molecular formula is C22H33N2O5+. The van der Waals surface area contributed by atoms with Gasteiger partial charge in [0.05, 0.1) is 11.7 Å². The Balaban J connectivity index is 1.77. The topological polar surface area (TPSA) is 76.1 Å². The van der Waals surface area contributed by atoms with E-state index in [-0.39, 0.29) is 22.1 Å². The molecule has 7 heteroatoms. The number of ether oxygens (including phenoxy) is 2. The maximum atomic E-state index is 12.0. The van der Waals surface area contributed by atoms with Gasteiger partial charge in [0, 0.05) is 31.8 Å². The number of fused-ring (bicyclic) bond motifs is 1. The Labute approximate surface area is 172 Å². The summed E-state index contributed by atoms with van der Waals surface area (Å²) in [5, 5.41) is 9.89. The van der Waals surface area contributed by atoms with Gasteiger partial charge in [-0.15, -0.1) is 0 Å². The monoisotopic (exact) mass is 405 g/mol. The molecule has 7 nitrogen and oxygen atoms in total. The highest BCUT2D eigenvalue weighted by atomic mass is 16.5. The summed E-state index contributed by atoms with van der Waals surface area (Å²) < 4.78 is 11.3. The van der Waals surface area contributed by atoms with Crippen LogP contribution in [0.2, 0.25) is 0 Å². The Kier molecular flexibility index (Phi) is 6.03. The molecule has 0 saturated carbocycles. The second kappa shape index (κ2) is 8.05. The highest BCUT2D eigenvalue weighted by Gasteiger charge is 2.49. The van der Waals surface area contributed by atoms with Crippen molar-refractivity contribution in [3.8, 4) is 0 Å². The van der Waals surface area contributed by atoms with Crippen LogP contribution in [-0.4, -0.2) is 71.4 Å². The molecule has 1 unspecified atom stereocenters. The van der Waals surface area contributed by atoms with E-state index in [9.17, 15) is 14.7 Å². The maximum Gasteiger partial charge on any atom is 0.514 e. The number of rotatable bonds is 5. The molecule has 3 rings (SSSR count). The molecule has 2 aliphatic heterocycles. The molecular weight excluding hydrogens is 372 g/mol. The first-order valence-electron chi connectivity index (χ1n) is 10.3. The van der Waals surface area contributed by atoms with Crippen LogP contribution in [0.4, 0.5) is 4.79 Å². The zero-order valence-corrected chi connectivity index (χ0v) is 18.2. The quantitative estimate of drug-likeness (QED) is 0.598. The van der Waals surface area contributed by atoms with Gasteiger partial charge >= 0.3 is 12.1 Å². The number of cyclic esters (lactones) is 1. The number of amides is 1. The number of esters is 1. The number of piperazine rings is 1. The minimum absolute atomic E-state index is 0.0835. The van der Waals surface area contributed by atoms with E-state index in [0.29, 0.717) is 51.5 Å². The van der Waals surface area contributed by atoms with Crippen LogP contribution in [0, 0.1) is 6.92 Å². The first-order valence-corrected chi connectivity index (χ1v) is 10.3. The summed E-state index contributed by atoms with van der Waals surface area (Å²) >= 11 is 0. The normalized spacial score (nSPS) is 20.2. The van der Waals surface area contributed by atoms with Crippen molar-refractivity contribution in [2.45, 2.75) is 52.9 Å². The largest absolute Gasteiger partial charge is 0.514 e. The summed E-state index contributed by atoms with van der Waals surface area (Å²) in [6, 6.07) is 3.80. The van der Waals surface area contributed by atoms with Gasteiger partial charge in [0.1, 0.15) is 25.2 Å². The molecule has 1 aromatic rings. The predicted octanol–water partition coefficient (Wildman–Crippen LogP) is 3.35. The van der Waals surface area contributed by atoms with Gasteiger partial charge in [0.25, 0.3) is 0 Å². The molecule has 0 aliphatic carbocycles. The van der Waals surface area contributed by atoms with Gasteiger partial charge in [-0.2, -0.15) is 4.79 Å². The molecule has 2 aliphatic rings. The summed E-state index contributed by atoms with van der Waals surface area (Å²) in [5.41, 5.74) is 3.37. The van der Waals surface area contributed by atoms with Crippen molar-refractivity contribution in [2.75, 3.05) is 39.3 Å². The molecule has 29 heavy (non-hydrogen) atoms. The number of hydrogen-bond donors (Lipinski definition) is 1. The van der Waals surface area contributed by atoms with E-state index in [0.717, 1.165) is 16.7 Å². The summed E-state index contributed by atoms with van der Waals surface area (Å²) in [6.45, 7) is 14.2. The van der Waals surface area contributed by atoms with E-state index in [4.69, 9.17) is 9.47 Å². The SMILES string of the molecule is CCOC(CN1CC[N+](C(=O)O)(C(C)(C)C)CC1)c1ccc2c(c1C)COC2=O. The molecule has 160 valence electrons. The third-order valence-corrected chi connectivity index (χ3v) is 6.59. The molecule has 0 spiro atoms. The van der Waals surface area contributed by atoms with Gasteiger partial charge in [-0.3, -0.25) is 4.90 Å². The van der Waals surface area contributed by atoms with Gasteiger partial charge in [0.15, 0.2) is 0 Å². The number of carbonyl (C=O) groups is 2. The fourth-order valence-corrected chi connectivity index (χ4v) is 4.57. The fraction of sp³-hybridized carbons (Fsp3) is 0.636. The van der Waals surface area contributed by atoms with E-state index in [1.54, 1.807) is 0 Å². The Hall–Kier alpha value is -1.96. The van der Waals surface area contributed by atoms with Gasteiger partial charge in [-0.25, -0.2) is 9.28 Å². The zero-order chi connectivity index (χ0) is 21.4. The van der Waals surface area contributed by atoms with Crippen LogP contribution in [0.15, 0.2) is 12.1 Å². The lowest BCUT2D eigenvalue weighted by Crippen LogP contribution is -2.69. The Morgan fingerprint density at radius 3 is 2.52 bits per heavy atom. The van der Waals surface area contributed by atoms with Gasteiger partial charge in [0.2, 0.25) is 0 Å². The third-order valence-electron chi connectivity index (χ3n) is 6.59. The first kappa shape index (κ1) is 21.7. The number of hydrogen-bond acceptors (Lipinski definition) is 5. The van der Waals surface area contributed by atoms with Crippen molar-refractivity contribution >= 4 is 12.1 Å². The molecule has 0 aromatic heterocycles.